The molecule has 1 aliphatic heterocycles. The molecule has 2 atom stereocenters. The van der Waals surface area contributed by atoms with Crippen molar-refractivity contribution in [2.24, 2.45) is 11.3 Å². The third kappa shape index (κ3) is 3.32. The van der Waals surface area contributed by atoms with Gasteiger partial charge in [-0.25, -0.2) is 8.42 Å². The molecule has 0 amide bonds. The maximum absolute atomic E-state index is 11.1. The molecule has 14 heavy (non-hydrogen) atoms. The minimum absolute atomic E-state index is 0.00273. The third-order valence-electron chi connectivity index (χ3n) is 1.96. The Morgan fingerprint density at radius 2 is 1.86 bits per heavy atom. The Hall–Kier alpha value is -0.530. The molecule has 0 saturated carbocycles. The Morgan fingerprint density at radius 3 is 2.21 bits per heavy atom. The second-order valence-corrected chi connectivity index (χ2v) is 6.92. The van der Waals surface area contributed by atoms with E-state index >= 15 is 0 Å². The topological polar surface area (TPSA) is 54.4 Å². The third-order valence-corrected chi connectivity index (χ3v) is 3.67. The molecule has 1 heterocycles. The Balaban J connectivity index is 2.77. The van der Waals surface area contributed by atoms with Crippen molar-refractivity contribution in [1.29, 1.82) is 0 Å². The van der Waals surface area contributed by atoms with Crippen LogP contribution in [0, 0.1) is 23.2 Å². The molecule has 1 fully saturated rings. The van der Waals surface area contributed by atoms with Crippen molar-refractivity contribution in [2.45, 2.75) is 26.9 Å². The standard InChI is InChI=1S/C10H16O3S/c1-10(2,3)5-4-8-6-14(12,13)7-9(8)11/h8-9,11H,6-7H2,1-3H3/t8-,9-/m1/s1. The second-order valence-electron chi connectivity index (χ2n) is 4.77. The van der Waals surface area contributed by atoms with Crippen LogP contribution in [0.5, 0.6) is 0 Å². The minimum Gasteiger partial charge on any atom is -0.391 e. The molecule has 0 aromatic heterocycles. The maximum atomic E-state index is 11.1. The lowest BCUT2D eigenvalue weighted by Gasteiger charge is -2.09. The molecule has 0 bridgehead atoms. The number of hydrogen-bond acceptors (Lipinski definition) is 3. The highest BCUT2D eigenvalue weighted by Gasteiger charge is 2.35. The van der Waals surface area contributed by atoms with Crippen molar-refractivity contribution >= 4 is 9.84 Å². The largest absolute Gasteiger partial charge is 0.391 e. The van der Waals surface area contributed by atoms with Crippen LogP contribution in [0.15, 0.2) is 0 Å². The Kier molecular flexibility index (Phi) is 2.93. The van der Waals surface area contributed by atoms with Crippen LogP contribution in [0.1, 0.15) is 20.8 Å². The predicted octanol–water partition coefficient (Wildman–Crippen LogP) is 0.441. The average molecular weight is 216 g/mol. The summed E-state index contributed by atoms with van der Waals surface area (Å²) >= 11 is 0. The molecule has 0 unspecified atom stereocenters. The van der Waals surface area contributed by atoms with Gasteiger partial charge in [-0.2, -0.15) is 0 Å². The van der Waals surface area contributed by atoms with Gasteiger partial charge in [0.05, 0.1) is 23.5 Å². The highest BCUT2D eigenvalue weighted by Crippen LogP contribution is 2.19. The molecule has 0 aliphatic carbocycles. The molecule has 0 aromatic rings. The summed E-state index contributed by atoms with van der Waals surface area (Å²) < 4.78 is 22.3. The molecular formula is C10H16O3S. The van der Waals surface area contributed by atoms with Crippen LogP contribution in [0.25, 0.3) is 0 Å². The van der Waals surface area contributed by atoms with Gasteiger partial charge in [-0.1, -0.05) is 11.8 Å². The molecule has 1 saturated heterocycles. The van der Waals surface area contributed by atoms with Gasteiger partial charge in [0.2, 0.25) is 0 Å². The lowest BCUT2D eigenvalue weighted by Crippen LogP contribution is -2.16. The van der Waals surface area contributed by atoms with Gasteiger partial charge in [0.15, 0.2) is 9.84 Å². The first-order chi connectivity index (χ1) is 6.20. The molecule has 1 N–H and O–H groups in total. The van der Waals surface area contributed by atoms with Gasteiger partial charge in [-0.3, -0.25) is 0 Å². The summed E-state index contributed by atoms with van der Waals surface area (Å²) in [5.74, 6) is 5.26. The normalized spacial score (nSPS) is 30.9. The SMILES string of the molecule is CC(C)(C)C#C[C@@H]1CS(=O)(=O)C[C@H]1O. The molecule has 3 nitrogen and oxygen atoms in total. The van der Waals surface area contributed by atoms with Gasteiger partial charge >= 0.3 is 0 Å². The number of aliphatic hydroxyl groups is 1. The van der Waals surface area contributed by atoms with E-state index < -0.39 is 21.9 Å². The van der Waals surface area contributed by atoms with Gasteiger partial charge in [-0.15, -0.1) is 0 Å². The lowest BCUT2D eigenvalue weighted by atomic mass is 9.96. The first kappa shape index (κ1) is 11.5. The molecule has 0 aromatic carbocycles. The van der Waals surface area contributed by atoms with Crippen molar-refractivity contribution in [1.82, 2.24) is 0 Å². The summed E-state index contributed by atoms with van der Waals surface area (Å²) in [5, 5.41) is 9.44. The van der Waals surface area contributed by atoms with E-state index in [1.165, 1.54) is 0 Å². The fourth-order valence-electron chi connectivity index (χ4n) is 1.28. The molecule has 0 spiro atoms. The van der Waals surface area contributed by atoms with E-state index in [2.05, 4.69) is 11.8 Å². The maximum Gasteiger partial charge on any atom is 0.154 e. The van der Waals surface area contributed by atoms with E-state index in [1.54, 1.807) is 0 Å². The van der Waals surface area contributed by atoms with Crippen molar-refractivity contribution in [3.05, 3.63) is 0 Å². The van der Waals surface area contributed by atoms with E-state index in [4.69, 9.17) is 0 Å². The predicted molar refractivity (Wildman–Crippen MR) is 55.4 cm³/mol. The molecular weight excluding hydrogens is 200 g/mol. The lowest BCUT2D eigenvalue weighted by molar-refractivity contribution is 0.174. The van der Waals surface area contributed by atoms with Crippen LogP contribution in [0.3, 0.4) is 0 Å². The van der Waals surface area contributed by atoms with Gasteiger partial charge in [0.25, 0.3) is 0 Å². The molecule has 80 valence electrons. The Morgan fingerprint density at radius 1 is 1.29 bits per heavy atom. The highest BCUT2D eigenvalue weighted by atomic mass is 32.2. The molecule has 1 rings (SSSR count). The van der Waals surface area contributed by atoms with E-state index in [-0.39, 0.29) is 16.9 Å². The zero-order chi connectivity index (χ0) is 11.0. The number of sulfone groups is 1. The summed E-state index contributed by atoms with van der Waals surface area (Å²) in [6, 6.07) is 0. The van der Waals surface area contributed by atoms with Crippen LogP contribution >= 0.6 is 0 Å². The van der Waals surface area contributed by atoms with Crippen LogP contribution in [-0.2, 0) is 9.84 Å². The zero-order valence-corrected chi connectivity index (χ0v) is 9.56. The minimum atomic E-state index is -3.06. The van der Waals surface area contributed by atoms with Crippen LogP contribution in [-0.4, -0.2) is 31.1 Å². The van der Waals surface area contributed by atoms with Gasteiger partial charge in [0.1, 0.15) is 0 Å². The van der Waals surface area contributed by atoms with Gasteiger partial charge in [0, 0.05) is 5.41 Å². The van der Waals surface area contributed by atoms with Gasteiger partial charge in [-0.05, 0) is 20.8 Å². The first-order valence-electron chi connectivity index (χ1n) is 4.61. The van der Waals surface area contributed by atoms with Crippen LogP contribution in [0.4, 0.5) is 0 Å². The van der Waals surface area contributed by atoms with Crippen molar-refractivity contribution in [3.8, 4) is 11.8 Å². The monoisotopic (exact) mass is 216 g/mol. The number of aliphatic hydroxyl groups excluding tert-OH is 1. The summed E-state index contributed by atoms with van der Waals surface area (Å²) in [4.78, 5) is 0. The molecule has 1 aliphatic rings. The summed E-state index contributed by atoms with van der Waals surface area (Å²) in [5.41, 5.74) is -0.147. The van der Waals surface area contributed by atoms with E-state index in [9.17, 15) is 13.5 Å². The summed E-state index contributed by atoms with van der Waals surface area (Å²) in [7, 11) is -3.06. The van der Waals surface area contributed by atoms with E-state index in [0.717, 1.165) is 0 Å². The number of rotatable bonds is 0. The highest BCUT2D eigenvalue weighted by molar-refractivity contribution is 7.91. The zero-order valence-electron chi connectivity index (χ0n) is 8.74. The van der Waals surface area contributed by atoms with Crippen molar-refractivity contribution in [3.63, 3.8) is 0 Å². The van der Waals surface area contributed by atoms with Crippen molar-refractivity contribution in [2.75, 3.05) is 11.5 Å². The fraction of sp³-hybridized carbons (Fsp3) is 0.800. The Bertz CT molecular complexity index is 364. The molecule has 4 heteroatoms. The Labute approximate surface area is 85.4 Å². The fourth-order valence-corrected chi connectivity index (χ4v) is 3.02. The van der Waals surface area contributed by atoms with Crippen LogP contribution in [0.2, 0.25) is 0 Å². The smallest absolute Gasteiger partial charge is 0.154 e. The van der Waals surface area contributed by atoms with Crippen molar-refractivity contribution < 1.29 is 13.5 Å². The molecule has 0 radical (unpaired) electrons. The average Bonchev–Trinajstić information content (AvgIpc) is 2.19. The summed E-state index contributed by atoms with van der Waals surface area (Å²) in [6.45, 7) is 5.86. The number of hydrogen-bond donors (Lipinski definition) is 1. The summed E-state index contributed by atoms with van der Waals surface area (Å²) in [6.07, 6.45) is -0.810. The van der Waals surface area contributed by atoms with Crippen LogP contribution < -0.4 is 0 Å². The first-order valence-corrected chi connectivity index (χ1v) is 6.43. The van der Waals surface area contributed by atoms with Gasteiger partial charge < -0.3 is 5.11 Å². The van der Waals surface area contributed by atoms with E-state index in [1.807, 2.05) is 20.8 Å². The quantitative estimate of drug-likeness (QED) is 0.598. The van der Waals surface area contributed by atoms with E-state index in [0.29, 0.717) is 0 Å². The second kappa shape index (κ2) is 3.56.